The molecule has 84 valence electrons. The van der Waals surface area contributed by atoms with Crippen LogP contribution in [0.1, 0.15) is 25.1 Å². The normalized spacial score (nSPS) is 11.8. The van der Waals surface area contributed by atoms with E-state index in [2.05, 4.69) is 5.10 Å². The lowest BCUT2D eigenvalue weighted by atomic mass is 9.98. The Morgan fingerprint density at radius 2 is 1.75 bits per heavy atom. The molecule has 1 aromatic carbocycles. The number of hydrogen-bond donors (Lipinski definition) is 1. The quantitative estimate of drug-likeness (QED) is 0.837. The molecular weight excluding hydrogens is 200 g/mol. The molecule has 0 saturated carbocycles. The molecule has 0 unspecified atom stereocenters. The predicted octanol–water partition coefficient (Wildman–Crippen LogP) is 2.41. The van der Waals surface area contributed by atoms with E-state index >= 15 is 0 Å². The van der Waals surface area contributed by atoms with Gasteiger partial charge in [-0.05, 0) is 44.5 Å². The van der Waals surface area contributed by atoms with Gasteiger partial charge in [0.05, 0.1) is 11.3 Å². The predicted molar refractivity (Wildman–Crippen MR) is 63.5 cm³/mol. The zero-order chi connectivity index (χ0) is 11.8. The average molecular weight is 216 g/mol. The summed E-state index contributed by atoms with van der Waals surface area (Å²) < 4.78 is 1.87. The van der Waals surface area contributed by atoms with Crippen LogP contribution in [0.15, 0.2) is 36.5 Å². The maximum atomic E-state index is 9.84. The van der Waals surface area contributed by atoms with Crippen LogP contribution in [0.25, 0.3) is 5.69 Å². The van der Waals surface area contributed by atoms with Gasteiger partial charge >= 0.3 is 0 Å². The second kappa shape index (κ2) is 3.76. The van der Waals surface area contributed by atoms with E-state index in [9.17, 15) is 5.11 Å². The Kier molecular flexibility index (Phi) is 2.56. The molecule has 3 heteroatoms. The number of rotatable bonds is 2. The van der Waals surface area contributed by atoms with Crippen LogP contribution in [-0.4, -0.2) is 14.9 Å². The van der Waals surface area contributed by atoms with Crippen LogP contribution in [0.5, 0.6) is 0 Å². The summed E-state index contributed by atoms with van der Waals surface area (Å²) in [6.07, 6.45) is 1.78. The van der Waals surface area contributed by atoms with Crippen LogP contribution >= 0.6 is 0 Å². The maximum absolute atomic E-state index is 9.84. The zero-order valence-electron chi connectivity index (χ0n) is 9.81. The summed E-state index contributed by atoms with van der Waals surface area (Å²) in [4.78, 5) is 0. The Morgan fingerprint density at radius 3 is 2.19 bits per heavy atom. The van der Waals surface area contributed by atoms with Crippen molar-refractivity contribution in [2.75, 3.05) is 0 Å². The number of benzene rings is 1. The molecule has 2 rings (SSSR count). The Labute approximate surface area is 95.3 Å². The fourth-order valence-corrected chi connectivity index (χ4v) is 1.65. The minimum atomic E-state index is -0.794. The first-order valence-corrected chi connectivity index (χ1v) is 5.32. The molecule has 1 N–H and O–H groups in total. The number of aryl methyl sites for hydroxylation is 1. The third-order valence-electron chi connectivity index (χ3n) is 2.65. The van der Waals surface area contributed by atoms with Crippen molar-refractivity contribution in [3.63, 3.8) is 0 Å². The molecule has 0 spiro atoms. The van der Waals surface area contributed by atoms with Crippen molar-refractivity contribution in [1.29, 1.82) is 0 Å². The lowest BCUT2D eigenvalue weighted by Crippen LogP contribution is -2.15. The van der Waals surface area contributed by atoms with E-state index in [0.29, 0.717) is 0 Å². The lowest BCUT2D eigenvalue weighted by molar-refractivity contribution is 0.0786. The molecule has 16 heavy (non-hydrogen) atoms. The number of nitrogens with zero attached hydrogens (tertiary/aromatic N) is 2. The van der Waals surface area contributed by atoms with Crippen molar-refractivity contribution >= 4 is 0 Å². The maximum Gasteiger partial charge on any atom is 0.0840 e. The van der Waals surface area contributed by atoms with Crippen LogP contribution in [0.3, 0.4) is 0 Å². The van der Waals surface area contributed by atoms with Gasteiger partial charge in [-0.15, -0.1) is 0 Å². The van der Waals surface area contributed by atoms with E-state index in [4.69, 9.17) is 0 Å². The standard InChI is InChI=1S/C13H16N2O/c1-10-8-9-14-15(10)12-6-4-11(5-7-12)13(2,3)16/h4-9,16H,1-3H3. The smallest absolute Gasteiger partial charge is 0.0840 e. The fraction of sp³-hybridized carbons (Fsp3) is 0.308. The van der Waals surface area contributed by atoms with E-state index in [-0.39, 0.29) is 0 Å². The van der Waals surface area contributed by atoms with E-state index in [1.54, 1.807) is 20.0 Å². The van der Waals surface area contributed by atoms with Gasteiger partial charge in [-0.3, -0.25) is 0 Å². The van der Waals surface area contributed by atoms with Crippen molar-refractivity contribution in [1.82, 2.24) is 9.78 Å². The van der Waals surface area contributed by atoms with Crippen LogP contribution in [0, 0.1) is 6.92 Å². The topological polar surface area (TPSA) is 38.0 Å². The van der Waals surface area contributed by atoms with Gasteiger partial charge < -0.3 is 5.11 Å². The first-order valence-electron chi connectivity index (χ1n) is 5.32. The second-order valence-electron chi connectivity index (χ2n) is 4.49. The summed E-state index contributed by atoms with van der Waals surface area (Å²) in [5.74, 6) is 0. The van der Waals surface area contributed by atoms with Crippen molar-refractivity contribution in [3.05, 3.63) is 47.8 Å². The Bertz CT molecular complexity index is 477. The molecule has 1 aromatic heterocycles. The van der Waals surface area contributed by atoms with Crippen LogP contribution in [-0.2, 0) is 5.60 Å². The SMILES string of the molecule is Cc1ccnn1-c1ccc(C(C)(C)O)cc1. The lowest BCUT2D eigenvalue weighted by Gasteiger charge is -2.18. The molecule has 0 aliphatic heterocycles. The van der Waals surface area contributed by atoms with Gasteiger partial charge in [-0.25, -0.2) is 4.68 Å². The first kappa shape index (κ1) is 10.9. The molecule has 0 aliphatic rings. The molecular formula is C13H16N2O. The van der Waals surface area contributed by atoms with Crippen molar-refractivity contribution < 1.29 is 5.11 Å². The van der Waals surface area contributed by atoms with E-state index in [0.717, 1.165) is 16.9 Å². The van der Waals surface area contributed by atoms with Gasteiger partial charge in [-0.2, -0.15) is 5.10 Å². The summed E-state index contributed by atoms with van der Waals surface area (Å²) in [6.45, 7) is 5.57. The summed E-state index contributed by atoms with van der Waals surface area (Å²) >= 11 is 0. The summed E-state index contributed by atoms with van der Waals surface area (Å²) in [6, 6.07) is 9.75. The monoisotopic (exact) mass is 216 g/mol. The first-order chi connectivity index (χ1) is 7.48. The summed E-state index contributed by atoms with van der Waals surface area (Å²) in [5.41, 5.74) is 2.21. The Morgan fingerprint density at radius 1 is 1.12 bits per heavy atom. The highest BCUT2D eigenvalue weighted by molar-refractivity contribution is 5.36. The molecule has 0 bridgehead atoms. The highest BCUT2D eigenvalue weighted by atomic mass is 16.3. The molecule has 2 aromatic rings. The molecule has 1 heterocycles. The van der Waals surface area contributed by atoms with E-state index in [1.807, 2.05) is 41.9 Å². The number of hydrogen-bond acceptors (Lipinski definition) is 2. The molecule has 0 saturated heterocycles. The van der Waals surface area contributed by atoms with Crippen molar-refractivity contribution in [2.24, 2.45) is 0 Å². The largest absolute Gasteiger partial charge is 0.386 e. The number of aromatic nitrogens is 2. The van der Waals surface area contributed by atoms with Gasteiger partial charge in [0.25, 0.3) is 0 Å². The highest BCUT2D eigenvalue weighted by Crippen LogP contribution is 2.21. The van der Waals surface area contributed by atoms with Gasteiger partial charge in [0.15, 0.2) is 0 Å². The van der Waals surface area contributed by atoms with E-state index < -0.39 is 5.60 Å². The van der Waals surface area contributed by atoms with Gasteiger partial charge in [0.1, 0.15) is 0 Å². The minimum Gasteiger partial charge on any atom is -0.386 e. The fourth-order valence-electron chi connectivity index (χ4n) is 1.65. The molecule has 0 atom stereocenters. The Hall–Kier alpha value is -1.61. The van der Waals surface area contributed by atoms with Gasteiger partial charge in [-0.1, -0.05) is 12.1 Å². The minimum absolute atomic E-state index is 0.794. The summed E-state index contributed by atoms with van der Waals surface area (Å²) in [5, 5.41) is 14.1. The Balaban J connectivity index is 2.37. The van der Waals surface area contributed by atoms with Crippen LogP contribution < -0.4 is 0 Å². The zero-order valence-corrected chi connectivity index (χ0v) is 9.81. The van der Waals surface area contributed by atoms with Crippen LogP contribution in [0.2, 0.25) is 0 Å². The van der Waals surface area contributed by atoms with Gasteiger partial charge in [0, 0.05) is 11.9 Å². The second-order valence-corrected chi connectivity index (χ2v) is 4.49. The highest BCUT2D eigenvalue weighted by Gasteiger charge is 2.15. The molecule has 3 nitrogen and oxygen atoms in total. The van der Waals surface area contributed by atoms with E-state index in [1.165, 1.54) is 0 Å². The summed E-state index contributed by atoms with van der Waals surface area (Å²) in [7, 11) is 0. The third-order valence-corrected chi connectivity index (χ3v) is 2.65. The third kappa shape index (κ3) is 1.99. The molecule has 0 aliphatic carbocycles. The average Bonchev–Trinajstić information content (AvgIpc) is 2.63. The molecule has 0 radical (unpaired) electrons. The molecule has 0 amide bonds. The van der Waals surface area contributed by atoms with Crippen molar-refractivity contribution in [2.45, 2.75) is 26.4 Å². The number of aliphatic hydroxyl groups is 1. The van der Waals surface area contributed by atoms with Gasteiger partial charge in [0.2, 0.25) is 0 Å². The van der Waals surface area contributed by atoms with Crippen molar-refractivity contribution in [3.8, 4) is 5.69 Å². The van der Waals surface area contributed by atoms with Crippen LogP contribution in [0.4, 0.5) is 0 Å². The molecule has 0 fully saturated rings.